The van der Waals surface area contributed by atoms with Crippen molar-refractivity contribution in [3.05, 3.63) is 82.9 Å². The predicted molar refractivity (Wildman–Crippen MR) is 97.2 cm³/mol. The number of halogens is 1. The maximum Gasteiger partial charge on any atom is 0.266 e. The van der Waals surface area contributed by atoms with E-state index in [4.69, 9.17) is 16.3 Å². The third-order valence-corrected chi connectivity index (χ3v) is 4.27. The number of rotatable bonds is 3. The number of hydrogen-bond donors (Lipinski definition) is 1. The minimum absolute atomic E-state index is 0.0593. The van der Waals surface area contributed by atoms with Crippen molar-refractivity contribution in [1.29, 1.82) is 0 Å². The smallest absolute Gasteiger partial charge is 0.266 e. The monoisotopic (exact) mass is 365 g/mol. The SMILES string of the molecule is O=C1c2ccc(Oc3ccc(Cl)cc3)cc2C(=O)N1c1ccc(O)cc1. The highest BCUT2D eigenvalue weighted by Gasteiger charge is 2.37. The average Bonchev–Trinajstić information content (AvgIpc) is 2.89. The number of carbonyl (C=O) groups excluding carboxylic acids is 2. The zero-order chi connectivity index (χ0) is 18.3. The van der Waals surface area contributed by atoms with E-state index in [1.807, 2.05) is 0 Å². The topological polar surface area (TPSA) is 66.8 Å². The van der Waals surface area contributed by atoms with Crippen LogP contribution in [-0.2, 0) is 0 Å². The molecule has 6 heteroatoms. The zero-order valence-corrected chi connectivity index (χ0v) is 14.1. The Morgan fingerprint density at radius 3 is 2.08 bits per heavy atom. The molecule has 0 fully saturated rings. The first kappa shape index (κ1) is 16.2. The first-order valence-corrected chi connectivity index (χ1v) is 8.16. The number of carbonyl (C=O) groups is 2. The van der Waals surface area contributed by atoms with Crippen LogP contribution in [0.5, 0.6) is 17.2 Å². The average molecular weight is 366 g/mol. The molecule has 128 valence electrons. The lowest BCUT2D eigenvalue weighted by Crippen LogP contribution is -2.29. The molecule has 1 aliphatic heterocycles. The van der Waals surface area contributed by atoms with E-state index in [0.29, 0.717) is 27.8 Å². The normalized spacial score (nSPS) is 13.0. The lowest BCUT2D eigenvalue weighted by molar-refractivity contribution is 0.0926. The Morgan fingerprint density at radius 2 is 1.38 bits per heavy atom. The highest BCUT2D eigenvalue weighted by molar-refractivity contribution is 6.34. The summed E-state index contributed by atoms with van der Waals surface area (Å²) >= 11 is 5.85. The highest BCUT2D eigenvalue weighted by atomic mass is 35.5. The zero-order valence-electron chi connectivity index (χ0n) is 13.3. The van der Waals surface area contributed by atoms with Crippen LogP contribution in [0.25, 0.3) is 0 Å². The van der Waals surface area contributed by atoms with Crippen molar-refractivity contribution < 1.29 is 19.4 Å². The molecule has 1 aliphatic rings. The molecule has 4 rings (SSSR count). The maximum atomic E-state index is 12.7. The first-order valence-electron chi connectivity index (χ1n) is 7.78. The number of imide groups is 1. The number of ether oxygens (including phenoxy) is 1. The first-order chi connectivity index (χ1) is 12.5. The number of amides is 2. The number of benzene rings is 3. The van der Waals surface area contributed by atoms with Crippen LogP contribution in [0, 0.1) is 0 Å². The molecule has 2 amide bonds. The van der Waals surface area contributed by atoms with E-state index in [9.17, 15) is 14.7 Å². The minimum Gasteiger partial charge on any atom is -0.508 e. The van der Waals surface area contributed by atoms with Crippen LogP contribution in [0.3, 0.4) is 0 Å². The van der Waals surface area contributed by atoms with Crippen molar-refractivity contribution >= 4 is 29.1 Å². The Labute approximate surface area is 154 Å². The van der Waals surface area contributed by atoms with Crippen LogP contribution in [0.4, 0.5) is 5.69 Å². The molecule has 5 nitrogen and oxygen atoms in total. The molecule has 0 spiro atoms. The highest BCUT2D eigenvalue weighted by Crippen LogP contribution is 2.33. The number of nitrogens with zero attached hydrogens (tertiary/aromatic N) is 1. The molecule has 0 radical (unpaired) electrons. The lowest BCUT2D eigenvalue weighted by atomic mass is 10.1. The van der Waals surface area contributed by atoms with Gasteiger partial charge in [-0.05, 0) is 66.7 Å². The van der Waals surface area contributed by atoms with Gasteiger partial charge in [-0.3, -0.25) is 9.59 Å². The molecule has 0 aromatic heterocycles. The number of aromatic hydroxyl groups is 1. The summed E-state index contributed by atoms with van der Waals surface area (Å²) in [6.07, 6.45) is 0. The molecule has 1 heterocycles. The Kier molecular flexibility index (Phi) is 3.86. The van der Waals surface area contributed by atoms with Gasteiger partial charge in [0.1, 0.15) is 17.2 Å². The summed E-state index contributed by atoms with van der Waals surface area (Å²) in [5.41, 5.74) is 0.982. The fourth-order valence-electron chi connectivity index (χ4n) is 2.76. The summed E-state index contributed by atoms with van der Waals surface area (Å²) in [4.78, 5) is 26.4. The second kappa shape index (κ2) is 6.20. The van der Waals surface area contributed by atoms with Crippen molar-refractivity contribution in [3.8, 4) is 17.2 Å². The van der Waals surface area contributed by atoms with Crippen LogP contribution in [-0.4, -0.2) is 16.9 Å². The van der Waals surface area contributed by atoms with Crippen molar-refractivity contribution in [3.63, 3.8) is 0 Å². The molecule has 3 aromatic rings. The quantitative estimate of drug-likeness (QED) is 0.687. The Bertz CT molecular complexity index is 1010. The van der Waals surface area contributed by atoms with E-state index in [0.717, 1.165) is 4.90 Å². The lowest BCUT2D eigenvalue weighted by Gasteiger charge is -2.13. The molecule has 0 unspecified atom stereocenters. The molecule has 26 heavy (non-hydrogen) atoms. The van der Waals surface area contributed by atoms with Crippen LogP contribution in [0.1, 0.15) is 20.7 Å². The molecule has 1 N–H and O–H groups in total. The summed E-state index contributed by atoms with van der Waals surface area (Å²) < 4.78 is 5.73. The van der Waals surface area contributed by atoms with Crippen LogP contribution in [0.15, 0.2) is 66.7 Å². The molecule has 0 aliphatic carbocycles. The van der Waals surface area contributed by atoms with E-state index < -0.39 is 11.8 Å². The number of fused-ring (bicyclic) bond motifs is 1. The van der Waals surface area contributed by atoms with Crippen LogP contribution >= 0.6 is 11.6 Å². The van der Waals surface area contributed by atoms with E-state index in [2.05, 4.69) is 0 Å². The molecular weight excluding hydrogens is 354 g/mol. The van der Waals surface area contributed by atoms with E-state index in [1.54, 1.807) is 42.5 Å². The van der Waals surface area contributed by atoms with Crippen molar-refractivity contribution in [2.24, 2.45) is 0 Å². The summed E-state index contributed by atoms with van der Waals surface area (Å²) in [5.74, 6) is 0.233. The number of hydrogen-bond acceptors (Lipinski definition) is 4. The van der Waals surface area contributed by atoms with Gasteiger partial charge in [-0.2, -0.15) is 0 Å². The fraction of sp³-hybridized carbons (Fsp3) is 0. The predicted octanol–water partition coefficient (Wildman–Crippen LogP) is 4.64. The minimum atomic E-state index is -0.433. The van der Waals surface area contributed by atoms with E-state index in [1.165, 1.54) is 24.3 Å². The summed E-state index contributed by atoms with van der Waals surface area (Å²) in [6.45, 7) is 0. The van der Waals surface area contributed by atoms with Gasteiger partial charge in [0.15, 0.2) is 0 Å². The van der Waals surface area contributed by atoms with Gasteiger partial charge in [0.05, 0.1) is 16.8 Å². The van der Waals surface area contributed by atoms with Crippen molar-refractivity contribution in [2.45, 2.75) is 0 Å². The van der Waals surface area contributed by atoms with Crippen molar-refractivity contribution in [2.75, 3.05) is 4.90 Å². The van der Waals surface area contributed by atoms with Crippen LogP contribution in [0.2, 0.25) is 5.02 Å². The summed E-state index contributed by atoms with van der Waals surface area (Å²) in [7, 11) is 0. The summed E-state index contributed by atoms with van der Waals surface area (Å²) in [6, 6.07) is 17.5. The second-order valence-electron chi connectivity index (χ2n) is 5.73. The molecule has 0 saturated heterocycles. The summed E-state index contributed by atoms with van der Waals surface area (Å²) in [5, 5.41) is 9.98. The number of phenolic OH excluding ortho intramolecular Hbond substituents is 1. The third-order valence-electron chi connectivity index (χ3n) is 4.02. The second-order valence-corrected chi connectivity index (χ2v) is 6.16. The largest absolute Gasteiger partial charge is 0.508 e. The van der Waals surface area contributed by atoms with Gasteiger partial charge in [0.25, 0.3) is 11.8 Å². The van der Waals surface area contributed by atoms with Gasteiger partial charge in [0.2, 0.25) is 0 Å². The maximum absolute atomic E-state index is 12.7. The van der Waals surface area contributed by atoms with Crippen molar-refractivity contribution in [1.82, 2.24) is 0 Å². The standard InChI is InChI=1S/C20H12ClNO4/c21-12-1-7-15(8-2-12)26-16-9-10-17-18(11-16)20(25)22(19(17)24)13-3-5-14(23)6-4-13/h1-11,23H. The number of phenols is 1. The van der Waals surface area contributed by atoms with Gasteiger partial charge in [-0.15, -0.1) is 0 Å². The Balaban J connectivity index is 1.65. The number of anilines is 1. The van der Waals surface area contributed by atoms with E-state index >= 15 is 0 Å². The molecule has 0 atom stereocenters. The molecule has 3 aromatic carbocycles. The van der Waals surface area contributed by atoms with Gasteiger partial charge in [0, 0.05) is 5.02 Å². The fourth-order valence-corrected chi connectivity index (χ4v) is 2.88. The van der Waals surface area contributed by atoms with Gasteiger partial charge in [-0.25, -0.2) is 4.90 Å². The molecule has 0 bridgehead atoms. The molecule has 0 saturated carbocycles. The third kappa shape index (κ3) is 2.78. The molecular formula is C20H12ClNO4. The van der Waals surface area contributed by atoms with Gasteiger partial charge < -0.3 is 9.84 Å². The Morgan fingerprint density at radius 1 is 0.769 bits per heavy atom. The van der Waals surface area contributed by atoms with E-state index in [-0.39, 0.29) is 11.3 Å². The van der Waals surface area contributed by atoms with Gasteiger partial charge in [-0.1, -0.05) is 11.6 Å². The Hall–Kier alpha value is -3.31. The van der Waals surface area contributed by atoms with Crippen LogP contribution < -0.4 is 9.64 Å². The van der Waals surface area contributed by atoms with Gasteiger partial charge >= 0.3 is 0 Å².